The van der Waals surface area contributed by atoms with Crippen LogP contribution in [0.25, 0.3) is 0 Å². The Kier molecular flexibility index (Phi) is 3.61. The van der Waals surface area contributed by atoms with E-state index in [1.165, 1.54) is 25.8 Å². The molecule has 0 aliphatic carbocycles. The monoisotopic (exact) mass is 275 g/mol. The van der Waals surface area contributed by atoms with Gasteiger partial charge in [0.25, 0.3) is 5.69 Å². The number of nitrogens with one attached hydrogen (secondary N) is 1. The van der Waals surface area contributed by atoms with E-state index in [-0.39, 0.29) is 10.6 Å². The third-order valence-electron chi connectivity index (χ3n) is 4.55. The molecule has 5 heteroatoms. The summed E-state index contributed by atoms with van der Waals surface area (Å²) in [5, 5.41) is 14.6. The molecule has 5 nitrogen and oxygen atoms in total. The molecule has 2 heterocycles. The molecule has 3 rings (SSSR count). The second kappa shape index (κ2) is 5.40. The lowest BCUT2D eigenvalue weighted by molar-refractivity contribution is -0.384. The molecule has 0 saturated carbocycles. The van der Waals surface area contributed by atoms with E-state index >= 15 is 0 Å². The Morgan fingerprint density at radius 2 is 2.15 bits per heavy atom. The van der Waals surface area contributed by atoms with Gasteiger partial charge in [0.15, 0.2) is 0 Å². The van der Waals surface area contributed by atoms with E-state index < -0.39 is 0 Å². The smallest absolute Gasteiger partial charge is 0.292 e. The Bertz CT molecular complexity index is 518. The topological polar surface area (TPSA) is 58.4 Å². The van der Waals surface area contributed by atoms with Crippen molar-refractivity contribution in [2.75, 3.05) is 18.4 Å². The van der Waals surface area contributed by atoms with Crippen molar-refractivity contribution >= 4 is 11.4 Å². The maximum absolute atomic E-state index is 11.1. The molecule has 0 bridgehead atoms. The van der Waals surface area contributed by atoms with E-state index in [0.717, 1.165) is 18.5 Å². The molecule has 2 atom stereocenters. The van der Waals surface area contributed by atoms with Gasteiger partial charge in [-0.1, -0.05) is 12.5 Å². The number of benzene rings is 1. The van der Waals surface area contributed by atoms with Crippen molar-refractivity contribution in [3.63, 3.8) is 0 Å². The largest absolute Gasteiger partial charge is 0.375 e. The van der Waals surface area contributed by atoms with Crippen LogP contribution in [-0.4, -0.2) is 35.0 Å². The van der Waals surface area contributed by atoms with E-state index in [9.17, 15) is 10.1 Å². The Balaban J connectivity index is 1.80. The number of fused-ring (bicyclic) bond motifs is 1. The molecule has 0 radical (unpaired) electrons. The molecule has 0 spiro atoms. The van der Waals surface area contributed by atoms with Gasteiger partial charge in [-0.2, -0.15) is 0 Å². The van der Waals surface area contributed by atoms with Gasteiger partial charge in [0, 0.05) is 24.7 Å². The molecular formula is C15H21N3O2. The number of piperidine rings is 1. The molecule has 108 valence electrons. The number of rotatable bonds is 3. The van der Waals surface area contributed by atoms with Crippen LogP contribution in [-0.2, 0) is 0 Å². The average Bonchev–Trinajstić information content (AvgIpc) is 2.82. The minimum Gasteiger partial charge on any atom is -0.375 e. The zero-order valence-corrected chi connectivity index (χ0v) is 11.8. The van der Waals surface area contributed by atoms with Crippen molar-refractivity contribution in [3.05, 3.63) is 33.9 Å². The van der Waals surface area contributed by atoms with Crippen molar-refractivity contribution < 1.29 is 4.92 Å². The Hall–Kier alpha value is -1.62. The number of nitro benzene ring substituents is 1. The second-order valence-corrected chi connectivity index (χ2v) is 5.92. The highest BCUT2D eigenvalue weighted by Crippen LogP contribution is 2.32. The van der Waals surface area contributed by atoms with Crippen molar-refractivity contribution in [1.29, 1.82) is 0 Å². The summed E-state index contributed by atoms with van der Waals surface area (Å²) >= 11 is 0. The molecule has 2 saturated heterocycles. The molecule has 2 fully saturated rings. The summed E-state index contributed by atoms with van der Waals surface area (Å²) < 4.78 is 0. The van der Waals surface area contributed by atoms with Gasteiger partial charge in [0.1, 0.15) is 5.69 Å². The van der Waals surface area contributed by atoms with Gasteiger partial charge in [-0.15, -0.1) is 0 Å². The first-order valence-corrected chi connectivity index (χ1v) is 7.41. The average molecular weight is 275 g/mol. The first kappa shape index (κ1) is 13.4. The predicted octanol–water partition coefficient (Wildman–Crippen LogP) is 2.94. The standard InChI is InChI=1S/C15H21N3O2/c1-11-5-6-15(18(19)20)13(10-11)16-12-7-9-17-8-3-2-4-14(12)17/h5-6,10,12,14,16H,2-4,7-9H2,1H3. The van der Waals surface area contributed by atoms with Crippen molar-refractivity contribution in [1.82, 2.24) is 4.90 Å². The lowest BCUT2D eigenvalue weighted by atomic mass is 9.98. The van der Waals surface area contributed by atoms with E-state index in [0.29, 0.717) is 17.8 Å². The fraction of sp³-hybridized carbons (Fsp3) is 0.600. The van der Waals surface area contributed by atoms with Gasteiger partial charge in [-0.05, 0) is 44.4 Å². The summed E-state index contributed by atoms with van der Waals surface area (Å²) in [4.78, 5) is 13.4. The zero-order chi connectivity index (χ0) is 14.1. The Morgan fingerprint density at radius 3 is 2.95 bits per heavy atom. The first-order valence-electron chi connectivity index (χ1n) is 7.41. The van der Waals surface area contributed by atoms with Crippen LogP contribution in [0.1, 0.15) is 31.2 Å². The van der Waals surface area contributed by atoms with Crippen LogP contribution in [0.3, 0.4) is 0 Å². The maximum Gasteiger partial charge on any atom is 0.292 e. The predicted molar refractivity (Wildman–Crippen MR) is 79.1 cm³/mol. The minimum atomic E-state index is -0.296. The summed E-state index contributed by atoms with van der Waals surface area (Å²) in [6, 6.07) is 6.18. The third kappa shape index (κ3) is 2.50. The van der Waals surface area contributed by atoms with Crippen LogP contribution in [0.15, 0.2) is 18.2 Å². The molecule has 1 N–H and O–H groups in total. The van der Waals surface area contributed by atoms with Crippen LogP contribution in [0.5, 0.6) is 0 Å². The van der Waals surface area contributed by atoms with Crippen LogP contribution in [0.2, 0.25) is 0 Å². The van der Waals surface area contributed by atoms with Crippen LogP contribution >= 0.6 is 0 Å². The number of anilines is 1. The minimum absolute atomic E-state index is 0.185. The summed E-state index contributed by atoms with van der Waals surface area (Å²) in [6.07, 6.45) is 4.84. The molecule has 2 aliphatic rings. The number of nitrogens with zero attached hydrogens (tertiary/aromatic N) is 2. The normalized spacial score (nSPS) is 26.2. The molecular weight excluding hydrogens is 254 g/mol. The van der Waals surface area contributed by atoms with Crippen LogP contribution in [0.4, 0.5) is 11.4 Å². The summed E-state index contributed by atoms with van der Waals surface area (Å²) in [5.74, 6) is 0. The van der Waals surface area contributed by atoms with Crippen LogP contribution < -0.4 is 5.32 Å². The van der Waals surface area contributed by atoms with Crippen molar-refractivity contribution in [3.8, 4) is 0 Å². The highest BCUT2D eigenvalue weighted by atomic mass is 16.6. The Morgan fingerprint density at radius 1 is 1.30 bits per heavy atom. The SMILES string of the molecule is Cc1ccc([N+](=O)[O-])c(NC2CCN3CCCCC23)c1. The van der Waals surface area contributed by atoms with E-state index in [1.807, 2.05) is 13.0 Å². The summed E-state index contributed by atoms with van der Waals surface area (Å²) in [7, 11) is 0. The number of hydrogen-bond acceptors (Lipinski definition) is 4. The van der Waals surface area contributed by atoms with Crippen LogP contribution in [0, 0.1) is 17.0 Å². The van der Waals surface area contributed by atoms with Gasteiger partial charge in [0.2, 0.25) is 0 Å². The highest BCUT2D eigenvalue weighted by molar-refractivity contribution is 5.63. The van der Waals surface area contributed by atoms with Crippen molar-refractivity contribution in [2.45, 2.75) is 44.7 Å². The van der Waals surface area contributed by atoms with E-state index in [2.05, 4.69) is 10.2 Å². The van der Waals surface area contributed by atoms with Gasteiger partial charge in [-0.25, -0.2) is 0 Å². The Labute approximate surface area is 119 Å². The van der Waals surface area contributed by atoms with E-state index in [4.69, 9.17) is 0 Å². The molecule has 0 aromatic heterocycles. The summed E-state index contributed by atoms with van der Waals surface area (Å²) in [5.41, 5.74) is 1.91. The number of aryl methyl sites for hydroxylation is 1. The van der Waals surface area contributed by atoms with Crippen molar-refractivity contribution in [2.24, 2.45) is 0 Å². The quantitative estimate of drug-likeness (QED) is 0.680. The fourth-order valence-electron chi connectivity index (χ4n) is 3.54. The first-order chi connectivity index (χ1) is 9.65. The lowest BCUT2D eigenvalue weighted by Crippen LogP contribution is -2.41. The number of nitro groups is 1. The summed E-state index contributed by atoms with van der Waals surface area (Å²) in [6.45, 7) is 4.26. The van der Waals surface area contributed by atoms with Gasteiger partial charge in [0.05, 0.1) is 4.92 Å². The molecule has 1 aromatic rings. The molecule has 0 amide bonds. The molecule has 1 aromatic carbocycles. The van der Waals surface area contributed by atoms with E-state index in [1.54, 1.807) is 12.1 Å². The van der Waals surface area contributed by atoms with Gasteiger partial charge in [-0.3, -0.25) is 15.0 Å². The zero-order valence-electron chi connectivity index (χ0n) is 11.8. The maximum atomic E-state index is 11.1. The fourth-order valence-corrected chi connectivity index (χ4v) is 3.54. The number of hydrogen-bond donors (Lipinski definition) is 1. The second-order valence-electron chi connectivity index (χ2n) is 5.92. The highest BCUT2D eigenvalue weighted by Gasteiger charge is 2.36. The van der Waals surface area contributed by atoms with Gasteiger partial charge < -0.3 is 5.32 Å². The lowest BCUT2D eigenvalue weighted by Gasteiger charge is -2.32. The van der Waals surface area contributed by atoms with Gasteiger partial charge >= 0.3 is 0 Å². The third-order valence-corrected chi connectivity index (χ3v) is 4.55. The molecule has 20 heavy (non-hydrogen) atoms. The molecule has 2 aliphatic heterocycles. The molecule has 2 unspecified atom stereocenters.